The van der Waals surface area contributed by atoms with Crippen LogP contribution in [0.1, 0.15) is 55.8 Å². The number of carboxylic acids is 1. The summed E-state index contributed by atoms with van der Waals surface area (Å²) >= 11 is 0. The van der Waals surface area contributed by atoms with Crippen LogP contribution in [-0.2, 0) is 19.7 Å². The third-order valence-electron chi connectivity index (χ3n) is 3.97. The van der Waals surface area contributed by atoms with Crippen molar-refractivity contribution in [2.45, 2.75) is 51.5 Å². The Morgan fingerprint density at radius 2 is 1.63 bits per heavy atom. The number of rotatable bonds is 11. The van der Waals surface area contributed by atoms with Crippen molar-refractivity contribution in [1.29, 1.82) is 0 Å². The molecule has 0 fully saturated rings. The van der Waals surface area contributed by atoms with Gasteiger partial charge in [0.05, 0.1) is 0 Å². The SMILES string of the molecule is CCCCCCCC(=O)N(C(=O)c1ccccc1)[C@@H](CS(=O)(=O)O)C(=O)O. The van der Waals surface area contributed by atoms with Gasteiger partial charge in [-0.25, -0.2) is 4.79 Å². The lowest BCUT2D eigenvalue weighted by atomic mass is 10.1. The highest BCUT2D eigenvalue weighted by molar-refractivity contribution is 7.85. The zero-order valence-corrected chi connectivity index (χ0v) is 16.0. The summed E-state index contributed by atoms with van der Waals surface area (Å²) < 4.78 is 31.5. The summed E-state index contributed by atoms with van der Waals surface area (Å²) in [5, 5.41) is 9.37. The minimum atomic E-state index is -4.72. The molecule has 2 amide bonds. The first kappa shape index (κ1) is 22.8. The lowest BCUT2D eigenvalue weighted by Gasteiger charge is -2.26. The van der Waals surface area contributed by atoms with E-state index in [1.807, 2.05) is 6.92 Å². The van der Waals surface area contributed by atoms with E-state index < -0.39 is 39.7 Å². The average molecular weight is 399 g/mol. The van der Waals surface area contributed by atoms with Gasteiger partial charge < -0.3 is 5.11 Å². The summed E-state index contributed by atoms with van der Waals surface area (Å²) in [5.74, 6) is -4.64. The number of benzene rings is 1. The van der Waals surface area contributed by atoms with Crippen molar-refractivity contribution >= 4 is 27.9 Å². The van der Waals surface area contributed by atoms with Crippen molar-refractivity contribution < 1.29 is 32.5 Å². The zero-order valence-electron chi connectivity index (χ0n) is 15.2. The van der Waals surface area contributed by atoms with Crippen LogP contribution in [0.5, 0.6) is 0 Å². The summed E-state index contributed by atoms with van der Waals surface area (Å²) in [4.78, 5) is 37.3. The van der Waals surface area contributed by atoms with Crippen molar-refractivity contribution in [3.05, 3.63) is 35.9 Å². The zero-order chi connectivity index (χ0) is 20.4. The summed E-state index contributed by atoms with van der Waals surface area (Å²) in [7, 11) is -4.72. The molecule has 0 unspecified atom stereocenters. The molecule has 0 radical (unpaired) electrons. The molecule has 0 heterocycles. The molecule has 27 heavy (non-hydrogen) atoms. The summed E-state index contributed by atoms with van der Waals surface area (Å²) in [5.41, 5.74) is 0.0541. The maximum absolute atomic E-state index is 12.7. The van der Waals surface area contributed by atoms with Crippen LogP contribution in [0.4, 0.5) is 0 Å². The van der Waals surface area contributed by atoms with Gasteiger partial charge in [0.25, 0.3) is 16.0 Å². The molecular formula is C18H25NO7S. The predicted molar refractivity (Wildman–Crippen MR) is 98.8 cm³/mol. The minimum absolute atomic E-state index is 0.0541. The highest BCUT2D eigenvalue weighted by atomic mass is 32.2. The molecule has 1 aromatic carbocycles. The Kier molecular flexibility index (Phi) is 9.10. The summed E-state index contributed by atoms with van der Waals surface area (Å²) in [6.45, 7) is 2.04. The van der Waals surface area contributed by atoms with E-state index in [1.165, 1.54) is 12.1 Å². The first-order valence-electron chi connectivity index (χ1n) is 8.76. The van der Waals surface area contributed by atoms with Crippen LogP contribution in [0, 0.1) is 0 Å². The van der Waals surface area contributed by atoms with Gasteiger partial charge in [-0.1, -0.05) is 50.8 Å². The van der Waals surface area contributed by atoms with E-state index in [9.17, 15) is 27.9 Å². The smallest absolute Gasteiger partial charge is 0.328 e. The fourth-order valence-electron chi connectivity index (χ4n) is 2.60. The van der Waals surface area contributed by atoms with Crippen molar-refractivity contribution in [1.82, 2.24) is 4.90 Å². The fraction of sp³-hybridized carbons (Fsp3) is 0.500. The van der Waals surface area contributed by atoms with Crippen LogP contribution in [0.15, 0.2) is 30.3 Å². The maximum Gasteiger partial charge on any atom is 0.328 e. The molecule has 0 saturated heterocycles. The number of nitrogens with zero attached hydrogens (tertiary/aromatic N) is 1. The van der Waals surface area contributed by atoms with Gasteiger partial charge in [0.15, 0.2) is 6.04 Å². The first-order chi connectivity index (χ1) is 12.7. The Bertz CT molecular complexity index is 746. The molecule has 0 saturated carbocycles. The lowest BCUT2D eigenvalue weighted by Crippen LogP contribution is -2.51. The number of amides is 2. The Balaban J connectivity index is 3.08. The van der Waals surface area contributed by atoms with Crippen LogP contribution >= 0.6 is 0 Å². The monoisotopic (exact) mass is 399 g/mol. The Morgan fingerprint density at radius 1 is 1.04 bits per heavy atom. The average Bonchev–Trinajstić information content (AvgIpc) is 2.60. The molecule has 9 heteroatoms. The van der Waals surface area contributed by atoms with Gasteiger partial charge in [-0.2, -0.15) is 8.42 Å². The normalized spacial score (nSPS) is 12.4. The molecule has 0 spiro atoms. The van der Waals surface area contributed by atoms with Crippen LogP contribution in [-0.4, -0.2) is 52.6 Å². The molecule has 0 aliphatic carbocycles. The van der Waals surface area contributed by atoms with Gasteiger partial charge in [0.2, 0.25) is 5.91 Å². The second kappa shape index (κ2) is 10.8. The number of carbonyl (C=O) groups excluding carboxylic acids is 2. The van der Waals surface area contributed by atoms with Gasteiger partial charge in [-0.3, -0.25) is 19.0 Å². The molecule has 0 aromatic heterocycles. The molecule has 0 aliphatic rings. The van der Waals surface area contributed by atoms with E-state index in [-0.39, 0.29) is 12.0 Å². The van der Waals surface area contributed by atoms with Crippen LogP contribution in [0.2, 0.25) is 0 Å². The fourth-order valence-corrected chi connectivity index (χ4v) is 3.30. The quantitative estimate of drug-likeness (QED) is 0.431. The molecular weight excluding hydrogens is 374 g/mol. The third-order valence-corrected chi connectivity index (χ3v) is 4.70. The van der Waals surface area contributed by atoms with Gasteiger partial charge in [-0.15, -0.1) is 0 Å². The highest BCUT2D eigenvalue weighted by Gasteiger charge is 2.37. The van der Waals surface area contributed by atoms with E-state index in [0.29, 0.717) is 11.3 Å². The minimum Gasteiger partial charge on any atom is -0.480 e. The number of unbranched alkanes of at least 4 members (excludes halogenated alkanes) is 4. The van der Waals surface area contributed by atoms with Crippen molar-refractivity contribution in [3.8, 4) is 0 Å². The largest absolute Gasteiger partial charge is 0.480 e. The Labute approximate surface area is 158 Å². The predicted octanol–water partition coefficient (Wildman–Crippen LogP) is 2.36. The van der Waals surface area contributed by atoms with Crippen molar-refractivity contribution in [3.63, 3.8) is 0 Å². The van der Waals surface area contributed by atoms with Gasteiger partial charge in [0.1, 0.15) is 5.75 Å². The van der Waals surface area contributed by atoms with E-state index in [2.05, 4.69) is 0 Å². The van der Waals surface area contributed by atoms with E-state index in [4.69, 9.17) is 4.55 Å². The Hall–Kier alpha value is -2.26. The van der Waals surface area contributed by atoms with Gasteiger partial charge >= 0.3 is 5.97 Å². The topological polar surface area (TPSA) is 129 Å². The van der Waals surface area contributed by atoms with E-state index >= 15 is 0 Å². The maximum atomic E-state index is 12.7. The highest BCUT2D eigenvalue weighted by Crippen LogP contribution is 2.15. The third kappa shape index (κ3) is 7.88. The number of carboxylic acid groups (broad SMARTS) is 1. The van der Waals surface area contributed by atoms with E-state index in [0.717, 1.165) is 25.7 Å². The molecule has 1 atom stereocenters. The van der Waals surface area contributed by atoms with Crippen LogP contribution in [0.25, 0.3) is 0 Å². The second-order valence-corrected chi connectivity index (χ2v) is 7.70. The molecule has 0 bridgehead atoms. The number of carbonyl (C=O) groups is 3. The second-order valence-electron chi connectivity index (χ2n) is 6.20. The Morgan fingerprint density at radius 3 is 2.15 bits per heavy atom. The van der Waals surface area contributed by atoms with Crippen LogP contribution in [0.3, 0.4) is 0 Å². The number of imide groups is 1. The molecule has 8 nitrogen and oxygen atoms in total. The lowest BCUT2D eigenvalue weighted by molar-refractivity contribution is -0.147. The molecule has 0 aliphatic heterocycles. The van der Waals surface area contributed by atoms with E-state index in [1.54, 1.807) is 18.2 Å². The van der Waals surface area contributed by atoms with Gasteiger partial charge in [0, 0.05) is 12.0 Å². The van der Waals surface area contributed by atoms with Crippen LogP contribution < -0.4 is 0 Å². The molecule has 2 N–H and O–H groups in total. The first-order valence-corrected chi connectivity index (χ1v) is 10.4. The summed E-state index contributed by atoms with van der Waals surface area (Å²) in [6.07, 6.45) is 4.03. The van der Waals surface area contributed by atoms with Crippen molar-refractivity contribution in [2.24, 2.45) is 0 Å². The molecule has 150 valence electrons. The standard InChI is InChI=1S/C18H25NO7S/c1-2-3-4-5-9-12-16(20)19(15(18(22)23)13-27(24,25)26)17(21)14-10-7-6-8-11-14/h6-8,10-11,15H,2-5,9,12-13H2,1H3,(H,22,23)(H,24,25,26)/t15-/m0/s1. The summed E-state index contributed by atoms with van der Waals surface area (Å²) in [6, 6.07) is 5.52. The van der Waals surface area contributed by atoms with Gasteiger partial charge in [-0.05, 0) is 18.6 Å². The molecule has 1 rings (SSSR count). The number of hydrogen-bond donors (Lipinski definition) is 2. The number of hydrogen-bond acceptors (Lipinski definition) is 5. The number of aliphatic carboxylic acids is 1. The molecule has 1 aromatic rings. The van der Waals surface area contributed by atoms with Crippen molar-refractivity contribution in [2.75, 3.05) is 5.75 Å².